The van der Waals surface area contributed by atoms with Crippen LogP contribution < -0.4 is 4.74 Å². The standard InChI is InChI=1S/C29H32O5/c1-23(30)33-22-34-29(31)14-8-7-12-26-11-5-6-13-27(26)18-15-24-16-19-28(20-17-24)32-21-25-9-3-2-4-10-25/h2-6,9-11,13,16-17,19-20H,7-8,12,14-15,18,21-22H2,1H3. The molecule has 0 N–H and O–H groups in total. The Kier molecular flexibility index (Phi) is 10.2. The van der Waals surface area contributed by atoms with E-state index in [1.54, 1.807) is 0 Å². The highest BCUT2D eigenvalue weighted by Gasteiger charge is 2.06. The lowest BCUT2D eigenvalue weighted by Crippen LogP contribution is -2.10. The highest BCUT2D eigenvalue weighted by atomic mass is 16.7. The molecule has 0 heterocycles. The molecule has 0 saturated heterocycles. The maximum atomic E-state index is 11.7. The molecule has 0 amide bonds. The highest BCUT2D eigenvalue weighted by molar-refractivity contribution is 5.69. The molecule has 5 nitrogen and oxygen atoms in total. The lowest BCUT2D eigenvalue weighted by atomic mass is 9.96. The predicted molar refractivity (Wildman–Crippen MR) is 131 cm³/mol. The van der Waals surface area contributed by atoms with E-state index in [1.165, 1.54) is 23.6 Å². The van der Waals surface area contributed by atoms with Gasteiger partial charge in [0.05, 0.1) is 0 Å². The summed E-state index contributed by atoms with van der Waals surface area (Å²) in [7, 11) is 0. The van der Waals surface area contributed by atoms with Crippen molar-refractivity contribution < 1.29 is 23.8 Å². The van der Waals surface area contributed by atoms with Crippen LogP contribution in [0.2, 0.25) is 0 Å². The van der Waals surface area contributed by atoms with Crippen LogP contribution in [0.1, 0.15) is 48.4 Å². The molecule has 0 atom stereocenters. The summed E-state index contributed by atoms with van der Waals surface area (Å²) in [5, 5.41) is 0. The van der Waals surface area contributed by atoms with Crippen LogP contribution in [0.4, 0.5) is 0 Å². The number of carbonyl (C=O) groups is 2. The minimum Gasteiger partial charge on any atom is -0.489 e. The largest absolute Gasteiger partial charge is 0.489 e. The SMILES string of the molecule is CC(=O)OCOC(=O)CCCCc1ccccc1CCc1ccc(OCc2ccccc2)cc1. The highest BCUT2D eigenvalue weighted by Crippen LogP contribution is 2.18. The Morgan fingerprint density at radius 1 is 0.676 bits per heavy atom. The zero-order valence-corrected chi connectivity index (χ0v) is 19.7. The molecule has 3 aromatic carbocycles. The minimum absolute atomic E-state index is 0.308. The van der Waals surface area contributed by atoms with Crippen molar-refractivity contribution in [1.29, 1.82) is 0 Å². The number of benzene rings is 3. The molecule has 0 saturated carbocycles. The van der Waals surface area contributed by atoms with E-state index >= 15 is 0 Å². The summed E-state index contributed by atoms with van der Waals surface area (Å²) in [5.41, 5.74) is 5.09. The number of hydrogen-bond donors (Lipinski definition) is 0. The molecule has 3 aromatic rings. The van der Waals surface area contributed by atoms with Crippen molar-refractivity contribution in [2.45, 2.75) is 52.1 Å². The van der Waals surface area contributed by atoms with E-state index in [9.17, 15) is 9.59 Å². The second-order valence-corrected chi connectivity index (χ2v) is 8.16. The number of esters is 2. The molecule has 178 valence electrons. The van der Waals surface area contributed by atoms with Crippen molar-refractivity contribution >= 4 is 11.9 Å². The van der Waals surface area contributed by atoms with Crippen LogP contribution in [-0.4, -0.2) is 18.7 Å². The van der Waals surface area contributed by atoms with E-state index in [0.29, 0.717) is 13.0 Å². The summed E-state index contributed by atoms with van der Waals surface area (Å²) in [6.07, 6.45) is 4.79. The summed E-state index contributed by atoms with van der Waals surface area (Å²) >= 11 is 0. The molecular weight excluding hydrogens is 428 g/mol. The monoisotopic (exact) mass is 460 g/mol. The van der Waals surface area contributed by atoms with Crippen LogP contribution in [0.25, 0.3) is 0 Å². The molecule has 0 aliphatic rings. The van der Waals surface area contributed by atoms with E-state index < -0.39 is 5.97 Å². The van der Waals surface area contributed by atoms with E-state index in [1.807, 2.05) is 30.3 Å². The summed E-state index contributed by atoms with van der Waals surface area (Å²) in [5.74, 6) is 0.0712. The van der Waals surface area contributed by atoms with Crippen LogP contribution in [-0.2, 0) is 44.9 Å². The summed E-state index contributed by atoms with van der Waals surface area (Å²) in [4.78, 5) is 22.4. The van der Waals surface area contributed by atoms with Gasteiger partial charge in [-0.3, -0.25) is 9.59 Å². The topological polar surface area (TPSA) is 61.8 Å². The van der Waals surface area contributed by atoms with Gasteiger partial charge in [0, 0.05) is 13.3 Å². The van der Waals surface area contributed by atoms with Crippen molar-refractivity contribution in [2.75, 3.05) is 6.79 Å². The Bertz CT molecular complexity index is 1030. The fourth-order valence-electron chi connectivity index (χ4n) is 3.65. The van der Waals surface area contributed by atoms with E-state index in [-0.39, 0.29) is 12.8 Å². The average Bonchev–Trinajstić information content (AvgIpc) is 2.86. The van der Waals surface area contributed by atoms with Gasteiger partial charge in [0.2, 0.25) is 6.79 Å². The van der Waals surface area contributed by atoms with Gasteiger partial charge in [-0.25, -0.2) is 0 Å². The van der Waals surface area contributed by atoms with Crippen molar-refractivity contribution in [3.05, 3.63) is 101 Å². The first kappa shape index (κ1) is 25.0. The first-order valence-electron chi connectivity index (χ1n) is 11.7. The Morgan fingerprint density at radius 3 is 2.06 bits per heavy atom. The molecule has 3 rings (SSSR count). The van der Waals surface area contributed by atoms with Gasteiger partial charge < -0.3 is 14.2 Å². The van der Waals surface area contributed by atoms with E-state index in [2.05, 4.69) is 53.3 Å². The third-order valence-corrected chi connectivity index (χ3v) is 5.53. The summed E-state index contributed by atoms with van der Waals surface area (Å²) in [6, 6.07) is 27.0. The van der Waals surface area contributed by atoms with Crippen molar-refractivity contribution in [3.8, 4) is 5.75 Å². The van der Waals surface area contributed by atoms with Gasteiger partial charge in [0.25, 0.3) is 0 Å². The molecule has 34 heavy (non-hydrogen) atoms. The third kappa shape index (κ3) is 9.10. The third-order valence-electron chi connectivity index (χ3n) is 5.53. The lowest BCUT2D eigenvalue weighted by Gasteiger charge is -2.11. The molecule has 0 fully saturated rings. The van der Waals surface area contributed by atoms with Gasteiger partial charge in [0.1, 0.15) is 12.4 Å². The first-order valence-corrected chi connectivity index (χ1v) is 11.7. The van der Waals surface area contributed by atoms with Crippen LogP contribution in [0.15, 0.2) is 78.9 Å². The average molecular weight is 461 g/mol. The zero-order valence-electron chi connectivity index (χ0n) is 19.7. The van der Waals surface area contributed by atoms with Gasteiger partial charge in [-0.05, 0) is 66.5 Å². The smallest absolute Gasteiger partial charge is 0.308 e. The Hall–Kier alpha value is -3.60. The number of carbonyl (C=O) groups excluding carboxylic acids is 2. The van der Waals surface area contributed by atoms with Gasteiger partial charge >= 0.3 is 11.9 Å². The lowest BCUT2D eigenvalue weighted by molar-refractivity contribution is -0.165. The second kappa shape index (κ2) is 13.8. The zero-order chi connectivity index (χ0) is 24.0. The van der Waals surface area contributed by atoms with Gasteiger partial charge in [-0.1, -0.05) is 66.7 Å². The van der Waals surface area contributed by atoms with Gasteiger partial charge in [-0.2, -0.15) is 0 Å². The van der Waals surface area contributed by atoms with Crippen LogP contribution in [0.3, 0.4) is 0 Å². The number of unbranched alkanes of at least 4 members (excludes halogenated alkanes) is 1. The summed E-state index contributed by atoms with van der Waals surface area (Å²) < 4.78 is 15.4. The maximum Gasteiger partial charge on any atom is 0.308 e. The Balaban J connectivity index is 1.40. The molecule has 0 aromatic heterocycles. The van der Waals surface area contributed by atoms with Crippen molar-refractivity contribution in [3.63, 3.8) is 0 Å². The maximum absolute atomic E-state index is 11.7. The van der Waals surface area contributed by atoms with Crippen LogP contribution in [0, 0.1) is 0 Å². The van der Waals surface area contributed by atoms with Crippen molar-refractivity contribution in [2.24, 2.45) is 0 Å². The molecule has 0 aliphatic carbocycles. The number of hydrogen-bond acceptors (Lipinski definition) is 5. The number of aryl methyl sites for hydroxylation is 3. The molecule has 0 radical (unpaired) electrons. The molecule has 0 bridgehead atoms. The molecule has 5 heteroatoms. The fraction of sp³-hybridized carbons (Fsp3) is 0.310. The Morgan fingerprint density at radius 2 is 1.35 bits per heavy atom. The normalized spacial score (nSPS) is 10.5. The molecule has 0 aliphatic heterocycles. The first-order chi connectivity index (χ1) is 16.6. The number of ether oxygens (including phenoxy) is 3. The van der Waals surface area contributed by atoms with Gasteiger partial charge in [-0.15, -0.1) is 0 Å². The van der Waals surface area contributed by atoms with Crippen LogP contribution in [0.5, 0.6) is 5.75 Å². The molecule has 0 unspecified atom stereocenters. The fourth-order valence-corrected chi connectivity index (χ4v) is 3.65. The quantitative estimate of drug-likeness (QED) is 0.183. The summed E-state index contributed by atoms with van der Waals surface area (Å²) in [6.45, 7) is 1.54. The van der Waals surface area contributed by atoms with Crippen molar-refractivity contribution in [1.82, 2.24) is 0 Å². The minimum atomic E-state index is -0.461. The molecule has 0 spiro atoms. The van der Waals surface area contributed by atoms with Gasteiger partial charge in [0.15, 0.2) is 0 Å². The van der Waals surface area contributed by atoms with E-state index in [0.717, 1.165) is 43.4 Å². The number of rotatable bonds is 13. The van der Waals surface area contributed by atoms with Crippen LogP contribution >= 0.6 is 0 Å². The molecular formula is C29H32O5. The predicted octanol–water partition coefficient (Wildman–Crippen LogP) is 5.83. The van der Waals surface area contributed by atoms with E-state index in [4.69, 9.17) is 9.47 Å². The Labute approximate surface area is 201 Å². The second-order valence-electron chi connectivity index (χ2n) is 8.16.